The SMILES string of the molecule is Cc1ccc(/C=C/[C@@]23NC(=O)CN2c2ccccc2C3(C)C)o1. The van der Waals surface area contributed by atoms with Crippen LogP contribution in [0, 0.1) is 6.92 Å². The van der Waals surface area contributed by atoms with Crippen LogP contribution in [-0.4, -0.2) is 18.1 Å². The van der Waals surface area contributed by atoms with Gasteiger partial charge in [-0.05, 0) is 42.8 Å². The molecule has 4 rings (SSSR count). The summed E-state index contributed by atoms with van der Waals surface area (Å²) in [5, 5.41) is 3.20. The number of furan rings is 1. The van der Waals surface area contributed by atoms with Gasteiger partial charge in [-0.3, -0.25) is 4.79 Å². The van der Waals surface area contributed by atoms with Crippen LogP contribution in [0.15, 0.2) is 46.9 Å². The highest BCUT2D eigenvalue weighted by atomic mass is 16.3. The van der Waals surface area contributed by atoms with E-state index in [1.54, 1.807) is 0 Å². The molecule has 4 nitrogen and oxygen atoms in total. The highest BCUT2D eigenvalue weighted by Gasteiger charge is 2.59. The van der Waals surface area contributed by atoms with E-state index in [1.807, 2.05) is 31.2 Å². The van der Waals surface area contributed by atoms with Gasteiger partial charge in [0.25, 0.3) is 0 Å². The van der Waals surface area contributed by atoms with E-state index in [-0.39, 0.29) is 11.3 Å². The first-order valence-corrected chi connectivity index (χ1v) is 7.88. The number of nitrogens with one attached hydrogen (secondary N) is 1. The first kappa shape index (κ1) is 14.1. The molecule has 1 aromatic carbocycles. The van der Waals surface area contributed by atoms with E-state index >= 15 is 0 Å². The van der Waals surface area contributed by atoms with Crippen molar-refractivity contribution < 1.29 is 9.21 Å². The number of fused-ring (bicyclic) bond motifs is 3. The molecule has 3 heterocycles. The van der Waals surface area contributed by atoms with Crippen molar-refractivity contribution in [1.82, 2.24) is 5.32 Å². The van der Waals surface area contributed by atoms with Crippen LogP contribution < -0.4 is 10.2 Å². The number of nitrogens with zero attached hydrogens (tertiary/aromatic N) is 1. The lowest BCUT2D eigenvalue weighted by molar-refractivity contribution is -0.118. The van der Waals surface area contributed by atoms with Crippen LogP contribution in [0.1, 0.15) is 30.9 Å². The summed E-state index contributed by atoms with van der Waals surface area (Å²) in [5.41, 5.74) is 1.57. The number of benzene rings is 1. The molecular weight excluding hydrogens is 288 g/mol. The molecule has 23 heavy (non-hydrogen) atoms. The minimum atomic E-state index is -0.561. The Balaban J connectivity index is 1.84. The van der Waals surface area contributed by atoms with E-state index in [2.05, 4.69) is 48.3 Å². The Bertz CT molecular complexity index is 818. The van der Waals surface area contributed by atoms with Gasteiger partial charge in [-0.2, -0.15) is 0 Å². The Kier molecular flexibility index (Phi) is 2.77. The Morgan fingerprint density at radius 1 is 1.22 bits per heavy atom. The molecule has 0 radical (unpaired) electrons. The molecule has 0 unspecified atom stereocenters. The summed E-state index contributed by atoms with van der Waals surface area (Å²) < 4.78 is 5.64. The number of amides is 1. The molecule has 0 bridgehead atoms. The smallest absolute Gasteiger partial charge is 0.241 e. The lowest BCUT2D eigenvalue weighted by atomic mass is 9.75. The Hall–Kier alpha value is -2.49. The summed E-state index contributed by atoms with van der Waals surface area (Å²) in [6.07, 6.45) is 4.02. The maximum Gasteiger partial charge on any atom is 0.241 e. The molecule has 1 amide bonds. The number of rotatable bonds is 2. The Morgan fingerprint density at radius 3 is 2.74 bits per heavy atom. The summed E-state index contributed by atoms with van der Waals surface area (Å²) in [6.45, 7) is 6.65. The van der Waals surface area contributed by atoms with Gasteiger partial charge in [0.1, 0.15) is 17.2 Å². The van der Waals surface area contributed by atoms with Crippen LogP contribution in [0.2, 0.25) is 0 Å². The predicted molar refractivity (Wildman–Crippen MR) is 90.2 cm³/mol. The quantitative estimate of drug-likeness (QED) is 0.926. The van der Waals surface area contributed by atoms with E-state index in [4.69, 9.17) is 4.42 Å². The normalized spacial score (nSPS) is 24.8. The average molecular weight is 308 g/mol. The highest BCUT2D eigenvalue weighted by Crippen LogP contribution is 2.52. The zero-order chi connectivity index (χ0) is 16.2. The number of carbonyl (C=O) groups is 1. The summed E-state index contributed by atoms with van der Waals surface area (Å²) >= 11 is 0. The highest BCUT2D eigenvalue weighted by molar-refractivity contribution is 5.91. The largest absolute Gasteiger partial charge is 0.462 e. The molecule has 2 aliphatic heterocycles. The minimum absolute atomic E-state index is 0.0489. The second-order valence-electron chi connectivity index (χ2n) is 6.82. The molecule has 1 N–H and O–H groups in total. The second kappa shape index (κ2) is 4.51. The van der Waals surface area contributed by atoms with E-state index in [0.29, 0.717) is 6.54 Å². The maximum atomic E-state index is 12.2. The van der Waals surface area contributed by atoms with Crippen molar-refractivity contribution in [1.29, 1.82) is 0 Å². The first-order valence-electron chi connectivity index (χ1n) is 7.88. The van der Waals surface area contributed by atoms with E-state index < -0.39 is 5.66 Å². The van der Waals surface area contributed by atoms with Gasteiger partial charge in [-0.1, -0.05) is 32.0 Å². The molecule has 2 aliphatic rings. The van der Waals surface area contributed by atoms with Crippen LogP contribution in [0.25, 0.3) is 6.08 Å². The predicted octanol–water partition coefficient (Wildman–Crippen LogP) is 3.23. The Labute approximate surface area is 135 Å². The average Bonchev–Trinajstić information content (AvgIpc) is 3.13. The number of hydrogen-bond donors (Lipinski definition) is 1. The number of anilines is 1. The van der Waals surface area contributed by atoms with Gasteiger partial charge in [-0.15, -0.1) is 0 Å². The van der Waals surface area contributed by atoms with Gasteiger partial charge in [0, 0.05) is 11.1 Å². The standard InChI is InChI=1S/C19H20N2O2/c1-13-8-9-14(23-13)10-11-19-18(2,3)15-6-4-5-7-16(15)21(19)12-17(22)20-19/h4-11H,12H2,1-3H3,(H,20,22)/b11-10+/t19-/m1/s1. The van der Waals surface area contributed by atoms with Crippen molar-refractivity contribution in [3.8, 4) is 0 Å². The number of para-hydroxylation sites is 1. The molecule has 0 spiro atoms. The lowest BCUT2D eigenvalue weighted by Crippen LogP contribution is -2.58. The van der Waals surface area contributed by atoms with Crippen LogP contribution in [-0.2, 0) is 10.2 Å². The van der Waals surface area contributed by atoms with E-state index in [0.717, 1.165) is 17.2 Å². The molecule has 4 heteroatoms. The maximum absolute atomic E-state index is 12.2. The van der Waals surface area contributed by atoms with E-state index in [1.165, 1.54) is 5.56 Å². The molecule has 0 saturated carbocycles. The van der Waals surface area contributed by atoms with E-state index in [9.17, 15) is 4.79 Å². The van der Waals surface area contributed by atoms with Gasteiger partial charge in [0.15, 0.2) is 0 Å². The van der Waals surface area contributed by atoms with Crippen molar-refractivity contribution in [3.63, 3.8) is 0 Å². The lowest BCUT2D eigenvalue weighted by Gasteiger charge is -2.40. The molecule has 1 saturated heterocycles. The summed E-state index contributed by atoms with van der Waals surface area (Å²) in [6, 6.07) is 12.2. The molecule has 1 aromatic heterocycles. The Morgan fingerprint density at radius 2 is 2.00 bits per heavy atom. The molecular formula is C19H20N2O2. The zero-order valence-corrected chi connectivity index (χ0v) is 13.6. The fourth-order valence-electron chi connectivity index (χ4n) is 3.89. The van der Waals surface area contributed by atoms with Gasteiger partial charge >= 0.3 is 0 Å². The summed E-state index contributed by atoms with van der Waals surface area (Å²) in [7, 11) is 0. The number of hydrogen-bond acceptors (Lipinski definition) is 3. The molecule has 0 aliphatic carbocycles. The van der Waals surface area contributed by atoms with Gasteiger partial charge in [0.05, 0.1) is 6.54 Å². The fourth-order valence-corrected chi connectivity index (χ4v) is 3.89. The molecule has 118 valence electrons. The third kappa shape index (κ3) is 1.81. The van der Waals surface area contributed by atoms with Crippen molar-refractivity contribution in [2.45, 2.75) is 31.8 Å². The van der Waals surface area contributed by atoms with Gasteiger partial charge in [0.2, 0.25) is 5.91 Å². The molecule has 1 atom stereocenters. The van der Waals surface area contributed by atoms with Crippen LogP contribution >= 0.6 is 0 Å². The summed E-state index contributed by atoms with van der Waals surface area (Å²) in [4.78, 5) is 14.3. The van der Waals surface area contributed by atoms with Gasteiger partial charge < -0.3 is 14.6 Å². The fraction of sp³-hybridized carbons (Fsp3) is 0.316. The van der Waals surface area contributed by atoms with Crippen LogP contribution in [0.5, 0.6) is 0 Å². The third-order valence-corrected chi connectivity index (χ3v) is 5.13. The van der Waals surface area contributed by atoms with Crippen molar-refractivity contribution in [3.05, 3.63) is 59.6 Å². The minimum Gasteiger partial charge on any atom is -0.462 e. The number of carbonyl (C=O) groups excluding carboxylic acids is 1. The zero-order valence-electron chi connectivity index (χ0n) is 13.6. The van der Waals surface area contributed by atoms with Crippen LogP contribution in [0.3, 0.4) is 0 Å². The third-order valence-electron chi connectivity index (χ3n) is 5.13. The molecule has 2 aromatic rings. The molecule has 1 fully saturated rings. The van der Waals surface area contributed by atoms with Crippen LogP contribution in [0.4, 0.5) is 5.69 Å². The van der Waals surface area contributed by atoms with Crippen molar-refractivity contribution in [2.24, 2.45) is 0 Å². The second-order valence-corrected chi connectivity index (χ2v) is 6.82. The first-order chi connectivity index (χ1) is 10.9. The monoisotopic (exact) mass is 308 g/mol. The van der Waals surface area contributed by atoms with Crippen molar-refractivity contribution in [2.75, 3.05) is 11.4 Å². The van der Waals surface area contributed by atoms with Crippen molar-refractivity contribution >= 4 is 17.7 Å². The number of aryl methyl sites for hydroxylation is 1. The summed E-state index contributed by atoms with van der Waals surface area (Å²) in [5.74, 6) is 1.72. The van der Waals surface area contributed by atoms with Gasteiger partial charge in [-0.25, -0.2) is 0 Å². The topological polar surface area (TPSA) is 45.5 Å².